The van der Waals surface area contributed by atoms with E-state index in [1.807, 2.05) is 0 Å². The first-order valence-electron chi connectivity index (χ1n) is 18.5. The van der Waals surface area contributed by atoms with E-state index in [9.17, 15) is 24.9 Å². The predicted molar refractivity (Wildman–Crippen MR) is 178 cm³/mol. The van der Waals surface area contributed by atoms with Gasteiger partial charge in [-0.1, -0.05) is 181 Å². The van der Waals surface area contributed by atoms with Crippen LogP contribution in [-0.4, -0.2) is 45.2 Å². The van der Waals surface area contributed by atoms with Crippen LogP contribution in [-0.2, 0) is 9.59 Å². The summed E-state index contributed by atoms with van der Waals surface area (Å²) in [6.45, 7) is 3.58. The van der Waals surface area contributed by atoms with Crippen LogP contribution in [0.25, 0.3) is 0 Å². The highest BCUT2D eigenvalue weighted by Gasteiger charge is 2.45. The molecule has 0 aliphatic heterocycles. The average molecular weight is 597 g/mol. The summed E-state index contributed by atoms with van der Waals surface area (Å²) in [4.78, 5) is 25.1. The van der Waals surface area contributed by atoms with Crippen LogP contribution >= 0.6 is 0 Å². The Morgan fingerprint density at radius 2 is 0.738 bits per heavy atom. The lowest BCUT2D eigenvalue weighted by Gasteiger charge is -2.29. The first kappa shape index (κ1) is 41.2. The third-order valence-electron chi connectivity index (χ3n) is 9.02. The maximum atomic E-state index is 12.6. The Balaban J connectivity index is 3.82. The van der Waals surface area contributed by atoms with Crippen LogP contribution in [0.2, 0.25) is 0 Å². The van der Waals surface area contributed by atoms with E-state index in [1.165, 1.54) is 128 Å². The Hall–Kier alpha value is -0.780. The topological polar surface area (TPSA) is 94.8 Å². The van der Waals surface area contributed by atoms with Gasteiger partial charge in [0.15, 0.2) is 23.3 Å². The number of Topliss-reactive ketones (excluding diaryl/α,β-unsaturated/α-hetero) is 2. The molecular weight excluding hydrogens is 524 g/mol. The van der Waals surface area contributed by atoms with Crippen molar-refractivity contribution in [3.05, 3.63) is 0 Å². The second-order valence-electron chi connectivity index (χ2n) is 13.1. The van der Waals surface area contributed by atoms with Crippen molar-refractivity contribution in [3.63, 3.8) is 0 Å². The van der Waals surface area contributed by atoms with Crippen LogP contribution < -0.4 is 0 Å². The van der Waals surface area contributed by atoms with Gasteiger partial charge in [0.2, 0.25) is 0 Å². The van der Waals surface area contributed by atoms with Crippen LogP contribution in [0.5, 0.6) is 0 Å². The Bertz CT molecular complexity index is 607. The fourth-order valence-electron chi connectivity index (χ4n) is 5.92. The summed E-state index contributed by atoms with van der Waals surface area (Å²) in [5.41, 5.74) is -2.37. The van der Waals surface area contributed by atoms with Crippen LogP contribution in [0.15, 0.2) is 0 Å². The Morgan fingerprint density at radius 1 is 0.476 bits per heavy atom. The molecule has 2 unspecified atom stereocenters. The minimum atomic E-state index is -2.37. The van der Waals surface area contributed by atoms with Crippen LogP contribution in [0.3, 0.4) is 0 Å². The summed E-state index contributed by atoms with van der Waals surface area (Å²) < 4.78 is 0. The quantitative estimate of drug-likeness (QED) is 0.0643. The predicted octanol–water partition coefficient (Wildman–Crippen LogP) is 9.95. The molecule has 0 bridgehead atoms. The molecule has 0 aromatic carbocycles. The van der Waals surface area contributed by atoms with Crippen molar-refractivity contribution in [3.8, 4) is 0 Å². The molecular formula is C37H72O5. The van der Waals surface area contributed by atoms with Gasteiger partial charge in [-0.05, 0) is 12.8 Å². The highest BCUT2D eigenvalue weighted by atomic mass is 16.4. The summed E-state index contributed by atoms with van der Waals surface area (Å²) in [6, 6.07) is 0. The standard InChI is InChI=1S/C37H72O5/c1-3-5-7-9-11-13-15-17-18-20-21-23-25-27-29-31-34(39)36(41)37(42,33-38)35(40)32-30-28-26-24-22-19-16-14-12-10-8-6-4-2/h36,38,41-42H,3-33H2,1-2H3. The second-order valence-corrected chi connectivity index (χ2v) is 13.1. The molecule has 0 fully saturated rings. The number of aliphatic hydroxyl groups excluding tert-OH is 2. The van der Waals surface area contributed by atoms with Gasteiger partial charge < -0.3 is 15.3 Å². The van der Waals surface area contributed by atoms with E-state index in [0.29, 0.717) is 12.8 Å². The van der Waals surface area contributed by atoms with Crippen molar-refractivity contribution in [2.24, 2.45) is 0 Å². The molecule has 0 aromatic rings. The zero-order chi connectivity index (χ0) is 31.2. The van der Waals surface area contributed by atoms with E-state index in [2.05, 4.69) is 13.8 Å². The van der Waals surface area contributed by atoms with Gasteiger partial charge in [-0.25, -0.2) is 0 Å². The fraction of sp³-hybridized carbons (Fsp3) is 0.946. The molecule has 0 aliphatic rings. The molecule has 2 atom stereocenters. The van der Waals surface area contributed by atoms with Gasteiger partial charge in [0, 0.05) is 12.8 Å². The lowest BCUT2D eigenvalue weighted by molar-refractivity contribution is -0.165. The molecule has 5 heteroatoms. The average Bonchev–Trinajstić information content (AvgIpc) is 3.00. The number of ketones is 2. The van der Waals surface area contributed by atoms with Gasteiger partial charge >= 0.3 is 0 Å². The number of rotatable bonds is 34. The molecule has 0 spiro atoms. The molecule has 0 aromatic heterocycles. The monoisotopic (exact) mass is 597 g/mol. The molecule has 0 aliphatic carbocycles. The fourth-order valence-corrected chi connectivity index (χ4v) is 5.92. The minimum absolute atomic E-state index is 0.0815. The second kappa shape index (κ2) is 30.3. The third-order valence-corrected chi connectivity index (χ3v) is 9.02. The van der Waals surface area contributed by atoms with Crippen LogP contribution in [0, 0.1) is 0 Å². The summed E-state index contributed by atoms with van der Waals surface area (Å²) >= 11 is 0. The van der Waals surface area contributed by atoms with Gasteiger partial charge in [-0.2, -0.15) is 0 Å². The molecule has 0 radical (unpaired) electrons. The zero-order valence-electron chi connectivity index (χ0n) is 28.2. The number of hydrogen-bond acceptors (Lipinski definition) is 5. The van der Waals surface area contributed by atoms with Crippen molar-refractivity contribution in [2.45, 2.75) is 218 Å². The number of carbonyl (C=O) groups excluding carboxylic acids is 2. The first-order chi connectivity index (χ1) is 20.4. The van der Waals surface area contributed by atoms with Gasteiger partial charge in [0.1, 0.15) is 0 Å². The van der Waals surface area contributed by atoms with Gasteiger partial charge in [-0.3, -0.25) is 9.59 Å². The van der Waals surface area contributed by atoms with Crippen LogP contribution in [0.1, 0.15) is 206 Å². The molecule has 250 valence electrons. The molecule has 0 heterocycles. The maximum Gasteiger partial charge on any atom is 0.178 e. The SMILES string of the molecule is CCCCCCCCCCCCCCCCCC(=O)C(O)C(O)(CO)C(=O)CCCCCCCCCCCCCCC. The summed E-state index contributed by atoms with van der Waals surface area (Å²) in [7, 11) is 0. The first-order valence-corrected chi connectivity index (χ1v) is 18.5. The normalized spacial score (nSPS) is 13.7. The maximum absolute atomic E-state index is 12.6. The molecule has 0 saturated heterocycles. The van der Waals surface area contributed by atoms with Crippen molar-refractivity contribution < 1.29 is 24.9 Å². The zero-order valence-corrected chi connectivity index (χ0v) is 28.2. The van der Waals surface area contributed by atoms with Crippen LogP contribution in [0.4, 0.5) is 0 Å². The highest BCUT2D eigenvalue weighted by molar-refractivity contribution is 5.96. The Labute approximate surface area is 261 Å². The number of carbonyl (C=O) groups is 2. The Kier molecular flexibility index (Phi) is 29.7. The van der Waals surface area contributed by atoms with E-state index in [-0.39, 0.29) is 12.8 Å². The van der Waals surface area contributed by atoms with E-state index < -0.39 is 29.9 Å². The minimum Gasteiger partial charge on any atom is -0.393 e. The third kappa shape index (κ3) is 22.7. The lowest BCUT2D eigenvalue weighted by Crippen LogP contribution is -2.55. The molecule has 0 saturated carbocycles. The van der Waals surface area contributed by atoms with Crippen molar-refractivity contribution >= 4 is 11.6 Å². The van der Waals surface area contributed by atoms with Crippen molar-refractivity contribution in [1.29, 1.82) is 0 Å². The van der Waals surface area contributed by atoms with Crippen molar-refractivity contribution in [2.75, 3.05) is 6.61 Å². The smallest absolute Gasteiger partial charge is 0.178 e. The summed E-state index contributed by atoms with van der Waals surface area (Å²) in [5.74, 6) is -1.16. The largest absolute Gasteiger partial charge is 0.393 e. The van der Waals surface area contributed by atoms with E-state index >= 15 is 0 Å². The molecule has 42 heavy (non-hydrogen) atoms. The van der Waals surface area contributed by atoms with E-state index in [0.717, 1.165) is 38.5 Å². The van der Waals surface area contributed by atoms with E-state index in [4.69, 9.17) is 0 Å². The molecule has 5 nitrogen and oxygen atoms in total. The summed E-state index contributed by atoms with van der Waals surface area (Å²) in [5, 5.41) is 30.8. The van der Waals surface area contributed by atoms with E-state index in [1.54, 1.807) is 0 Å². The highest BCUT2D eigenvalue weighted by Crippen LogP contribution is 2.21. The molecule has 0 rings (SSSR count). The summed E-state index contributed by atoms with van der Waals surface area (Å²) in [6.07, 6.45) is 32.4. The Morgan fingerprint density at radius 3 is 1.02 bits per heavy atom. The van der Waals surface area contributed by atoms with Gasteiger partial charge in [-0.15, -0.1) is 0 Å². The molecule has 3 N–H and O–H groups in total. The number of hydrogen-bond donors (Lipinski definition) is 3. The number of aliphatic hydroxyl groups is 3. The van der Waals surface area contributed by atoms with Gasteiger partial charge in [0.25, 0.3) is 0 Å². The van der Waals surface area contributed by atoms with Crippen molar-refractivity contribution in [1.82, 2.24) is 0 Å². The van der Waals surface area contributed by atoms with Gasteiger partial charge in [0.05, 0.1) is 6.61 Å². The number of unbranched alkanes of at least 4 members (excludes halogenated alkanes) is 26. The lowest BCUT2D eigenvalue weighted by atomic mass is 9.85. The molecule has 0 amide bonds.